The monoisotopic (exact) mass is 589 g/mol. The first-order chi connectivity index (χ1) is 19.3. The molecule has 5 rings (SSSR count). The number of carbonyl (C=O) groups excluding carboxylic acids is 1. The van der Waals surface area contributed by atoms with Crippen molar-refractivity contribution in [3.8, 4) is 11.5 Å². The Morgan fingerprint density at radius 1 is 1.15 bits per heavy atom. The van der Waals surface area contributed by atoms with Crippen LogP contribution in [-0.4, -0.2) is 56.1 Å². The van der Waals surface area contributed by atoms with E-state index < -0.39 is 22.2 Å². The number of benzene rings is 3. The summed E-state index contributed by atoms with van der Waals surface area (Å²) in [6.45, 7) is 3.04. The zero-order chi connectivity index (χ0) is 29.9. The summed E-state index contributed by atoms with van der Waals surface area (Å²) in [7, 11) is -2.26. The number of carbonyl (C=O) groups is 1. The van der Waals surface area contributed by atoms with Crippen molar-refractivity contribution in [1.82, 2.24) is 0 Å². The number of aliphatic carboxylic acids is 1. The van der Waals surface area contributed by atoms with Crippen LogP contribution in [-0.2, 0) is 21.2 Å². The van der Waals surface area contributed by atoms with Crippen LogP contribution >= 0.6 is 0 Å². The van der Waals surface area contributed by atoms with Gasteiger partial charge in [-0.05, 0) is 55.7 Å². The van der Waals surface area contributed by atoms with E-state index in [4.69, 9.17) is 14.6 Å². The maximum absolute atomic E-state index is 13.5. The third-order valence-electron chi connectivity index (χ3n) is 6.43. The summed E-state index contributed by atoms with van der Waals surface area (Å²) < 4.78 is 65.0. The number of hydrogen-bond donors (Lipinski definition) is 2. The summed E-state index contributed by atoms with van der Waals surface area (Å²) in [4.78, 5) is 13.6. The molecule has 0 amide bonds. The first-order valence-corrected chi connectivity index (χ1v) is 13.8. The fourth-order valence-electron chi connectivity index (χ4n) is 4.34. The topological polar surface area (TPSA) is 131 Å². The number of sulfonamides is 1. The van der Waals surface area contributed by atoms with Gasteiger partial charge in [-0.2, -0.15) is 21.6 Å². The lowest BCUT2D eigenvalue weighted by molar-refractivity contribution is -0.344. The summed E-state index contributed by atoms with van der Waals surface area (Å²) >= 11 is 0. The molecule has 0 aromatic heterocycles. The van der Waals surface area contributed by atoms with Crippen molar-refractivity contribution < 1.29 is 45.3 Å². The largest absolute Gasteiger partial charge is 0.542 e. The van der Waals surface area contributed by atoms with Gasteiger partial charge < -0.3 is 25.1 Å². The van der Waals surface area contributed by atoms with Crippen molar-refractivity contribution in [3.05, 3.63) is 76.3 Å². The number of anilines is 1. The smallest absolute Gasteiger partial charge is 0.430 e. The maximum atomic E-state index is 13.5. The van der Waals surface area contributed by atoms with Crippen LogP contribution in [0.1, 0.15) is 17.5 Å². The Labute approximate surface area is 233 Å². The second-order valence-electron chi connectivity index (χ2n) is 9.23. The van der Waals surface area contributed by atoms with Gasteiger partial charge in [-0.1, -0.05) is 33.8 Å². The second kappa shape index (κ2) is 11.6. The van der Waals surface area contributed by atoms with E-state index in [0.29, 0.717) is 35.8 Å². The number of halogens is 3. The first kappa shape index (κ1) is 29.6. The molecule has 0 saturated heterocycles. The van der Waals surface area contributed by atoms with E-state index >= 15 is 0 Å². The number of hydrogen-bond acceptors (Lipinski definition) is 8. The van der Waals surface area contributed by atoms with E-state index in [0.717, 1.165) is 28.9 Å². The minimum Gasteiger partial charge on any atom is -0.542 e. The lowest BCUT2D eigenvalue weighted by Crippen LogP contribution is -2.37. The summed E-state index contributed by atoms with van der Waals surface area (Å²) in [5.74, 6) is -2.30. The van der Waals surface area contributed by atoms with Gasteiger partial charge in [-0.25, -0.2) is 0 Å². The number of phenols is 1. The van der Waals surface area contributed by atoms with Gasteiger partial charge in [0.25, 0.3) is 5.69 Å². The summed E-state index contributed by atoms with van der Waals surface area (Å²) in [5, 5.41) is 24.6. The van der Waals surface area contributed by atoms with Gasteiger partial charge in [0.15, 0.2) is 6.21 Å². The van der Waals surface area contributed by atoms with E-state index in [1.54, 1.807) is 43.7 Å². The summed E-state index contributed by atoms with van der Waals surface area (Å²) in [6.07, 6.45) is -2.22. The quantitative estimate of drug-likeness (QED) is 0.318. The number of phenolic OH excluding ortho intramolecular Hbond substituents is 1. The van der Waals surface area contributed by atoms with Gasteiger partial charge in [0.1, 0.15) is 16.6 Å². The molecule has 2 heterocycles. The van der Waals surface area contributed by atoms with Crippen molar-refractivity contribution in [3.63, 3.8) is 0 Å². The van der Waals surface area contributed by atoms with Crippen molar-refractivity contribution >= 4 is 39.2 Å². The highest BCUT2D eigenvalue weighted by molar-refractivity contribution is 7.85. The van der Waals surface area contributed by atoms with Crippen LogP contribution < -0.4 is 25.7 Å². The maximum Gasteiger partial charge on any atom is 0.430 e. The number of carboxylic acid groups (broad SMARTS) is 1. The normalized spacial score (nSPS) is 13.8. The molecule has 13 heteroatoms. The molecular weight excluding hydrogens is 563 g/mol. The molecule has 9 nitrogen and oxygen atoms in total. The molecule has 3 aromatic carbocycles. The number of ether oxygens (including phenoxy) is 1. The van der Waals surface area contributed by atoms with Crippen molar-refractivity contribution in [1.29, 1.82) is 0 Å². The van der Waals surface area contributed by atoms with Gasteiger partial charge in [0.2, 0.25) is 5.75 Å². The van der Waals surface area contributed by atoms with Gasteiger partial charge in [0, 0.05) is 18.7 Å². The predicted octanol–water partition coefficient (Wildman–Crippen LogP) is 1.95. The highest BCUT2D eigenvalue weighted by Gasteiger charge is 2.39. The number of aryl methyl sites for hydroxylation is 1. The average molecular weight is 590 g/mol. The Kier molecular flexibility index (Phi) is 8.38. The molecule has 0 fully saturated rings. The van der Waals surface area contributed by atoms with E-state index in [2.05, 4.69) is 10.3 Å². The lowest BCUT2D eigenvalue weighted by atomic mass is 10.1. The third kappa shape index (κ3) is 6.35. The minimum absolute atomic E-state index is 0.0903. The van der Waals surface area contributed by atoms with Gasteiger partial charge in [0.05, 0.1) is 23.4 Å². The van der Waals surface area contributed by atoms with Crippen LogP contribution in [0, 0.1) is 6.92 Å². The van der Waals surface area contributed by atoms with Crippen LogP contribution in [0.5, 0.6) is 11.5 Å². The Morgan fingerprint density at radius 3 is 2.37 bits per heavy atom. The molecule has 0 radical (unpaired) electrons. The predicted molar refractivity (Wildman–Crippen MR) is 142 cm³/mol. The van der Waals surface area contributed by atoms with Crippen LogP contribution in [0.3, 0.4) is 0 Å². The zero-order valence-corrected chi connectivity index (χ0v) is 22.8. The fraction of sp³-hybridized carbons (Fsp3) is 0.250. The Balaban J connectivity index is 0.000000493. The second-order valence-corrected chi connectivity index (χ2v) is 11.0. The van der Waals surface area contributed by atoms with E-state index in [9.17, 15) is 26.7 Å². The SMILES string of the molecule is COc1ccc(CCNc2cc3c4c(c2O)[N+](S(=O)(=O)c2ccc(C)cc2)=CC=4CCN=3)cc1.O=C([O-])C(F)(F)F. The molecule has 0 unspecified atom stereocenters. The summed E-state index contributed by atoms with van der Waals surface area (Å²) in [5.41, 5.74) is 3.70. The number of aromatic hydroxyl groups is 1. The summed E-state index contributed by atoms with van der Waals surface area (Å²) in [6, 6.07) is 16.3. The number of methoxy groups -OCH3 is 1. The van der Waals surface area contributed by atoms with Crippen LogP contribution in [0.15, 0.2) is 64.5 Å². The van der Waals surface area contributed by atoms with Crippen LogP contribution in [0.4, 0.5) is 24.5 Å². The molecule has 41 heavy (non-hydrogen) atoms. The van der Waals surface area contributed by atoms with Gasteiger partial charge >= 0.3 is 16.2 Å². The Morgan fingerprint density at radius 2 is 1.78 bits per heavy atom. The molecule has 3 aromatic rings. The van der Waals surface area contributed by atoms with Crippen LogP contribution in [0.2, 0.25) is 0 Å². The molecule has 0 saturated carbocycles. The molecule has 0 aliphatic carbocycles. The molecule has 2 aliphatic rings. The number of rotatable bonds is 7. The molecule has 0 bridgehead atoms. The number of nitrogens with one attached hydrogen (secondary N) is 1. The minimum atomic E-state index is -5.19. The van der Waals surface area contributed by atoms with Crippen LogP contribution in [0.25, 0.3) is 5.57 Å². The number of alkyl halides is 3. The molecule has 216 valence electrons. The molecule has 0 atom stereocenters. The molecule has 0 spiro atoms. The van der Waals surface area contributed by atoms with Crippen molar-refractivity contribution in [2.45, 2.75) is 30.8 Å². The fourth-order valence-corrected chi connectivity index (χ4v) is 5.73. The standard InChI is InChI=1S/C26H25N3O4S.C2HF3O2/c1-17-3-9-21(10-4-17)34(31,32)29-16-19-12-14-27-22-15-23(26(30)25(29)24(19)22)28-13-11-18-5-7-20(33-2)8-6-18;3-2(4,5)1(6)7/h3-10,15-16H,11-14H2,1-2H3,(H,27,28);(H,6,7). The molecule has 2 N–H and O–H groups in total. The van der Waals surface area contributed by atoms with E-state index in [-0.39, 0.29) is 16.3 Å². The molecular formula is C28H26F3N3O6S. The lowest BCUT2D eigenvalue weighted by Gasteiger charge is -2.11. The van der Waals surface area contributed by atoms with E-state index in [1.807, 2.05) is 31.2 Å². The van der Waals surface area contributed by atoms with E-state index in [1.165, 1.54) is 3.98 Å². The average Bonchev–Trinajstić information content (AvgIpc) is 3.34. The molecule has 2 aliphatic heterocycles. The number of nitrogens with zero attached hydrogens (tertiary/aromatic N) is 2. The Bertz CT molecular complexity index is 1730. The number of carboxylic acids is 1. The Hall–Kier alpha value is -4.39. The van der Waals surface area contributed by atoms with Crippen molar-refractivity contribution in [2.75, 3.05) is 25.5 Å². The highest BCUT2D eigenvalue weighted by Crippen LogP contribution is 2.35. The first-order valence-electron chi connectivity index (χ1n) is 12.4. The van der Waals surface area contributed by atoms with Gasteiger partial charge in [-0.3, -0.25) is 4.99 Å². The van der Waals surface area contributed by atoms with Gasteiger partial charge in [-0.15, -0.1) is 0 Å². The zero-order valence-electron chi connectivity index (χ0n) is 22.0. The third-order valence-corrected chi connectivity index (χ3v) is 8.10. The van der Waals surface area contributed by atoms with Crippen molar-refractivity contribution in [2.24, 2.45) is 4.99 Å². The highest BCUT2D eigenvalue weighted by atomic mass is 32.2.